The molecule has 1 aromatic rings. The van der Waals surface area contributed by atoms with Gasteiger partial charge in [0.05, 0.1) is 5.50 Å². The van der Waals surface area contributed by atoms with Gasteiger partial charge in [-0.25, -0.2) is 0 Å². The number of hydrogen-bond acceptors (Lipinski definition) is 2. The number of aliphatic carboxylic acids is 1. The fourth-order valence-electron chi connectivity index (χ4n) is 1.34. The first kappa shape index (κ1) is 12.0. The van der Waals surface area contributed by atoms with Crippen LogP contribution in [0.2, 0.25) is 0 Å². The molecule has 82 valence electrons. The highest BCUT2D eigenvalue weighted by Gasteiger charge is 2.18. The van der Waals surface area contributed by atoms with Crippen molar-refractivity contribution in [1.82, 2.24) is 5.32 Å². The fraction of sp³-hybridized carbons (Fsp3) is 0.364. The number of halogens is 1. The first-order valence-corrected chi connectivity index (χ1v) is 5.20. The van der Waals surface area contributed by atoms with Gasteiger partial charge in [-0.05, 0) is 18.9 Å². The van der Waals surface area contributed by atoms with Crippen LogP contribution in [-0.4, -0.2) is 22.6 Å². The maximum Gasteiger partial charge on any atom is 0.321 e. The Balaban J connectivity index is 2.63. The van der Waals surface area contributed by atoms with Crippen LogP contribution < -0.4 is 5.32 Å². The molecule has 0 saturated carbocycles. The molecule has 0 aliphatic heterocycles. The smallest absolute Gasteiger partial charge is 0.321 e. The fourth-order valence-corrected chi connectivity index (χ4v) is 1.50. The molecule has 4 heteroatoms. The Morgan fingerprint density at radius 2 is 2.07 bits per heavy atom. The van der Waals surface area contributed by atoms with Crippen LogP contribution >= 0.6 is 11.6 Å². The van der Waals surface area contributed by atoms with E-state index in [1.807, 2.05) is 30.3 Å². The summed E-state index contributed by atoms with van der Waals surface area (Å²) in [6.45, 7) is 1.71. The average Bonchev–Trinajstić information content (AvgIpc) is 2.17. The molecule has 0 aliphatic carbocycles. The lowest BCUT2D eigenvalue weighted by Crippen LogP contribution is -2.41. The van der Waals surface area contributed by atoms with Gasteiger partial charge in [0.1, 0.15) is 6.04 Å². The molecule has 2 unspecified atom stereocenters. The summed E-state index contributed by atoms with van der Waals surface area (Å²) in [6, 6.07) is 8.83. The summed E-state index contributed by atoms with van der Waals surface area (Å²) >= 11 is 5.71. The first-order valence-electron chi connectivity index (χ1n) is 4.76. The molecule has 0 bridgehead atoms. The largest absolute Gasteiger partial charge is 0.480 e. The minimum atomic E-state index is -0.883. The van der Waals surface area contributed by atoms with Gasteiger partial charge >= 0.3 is 5.97 Å². The van der Waals surface area contributed by atoms with Crippen LogP contribution in [0.25, 0.3) is 0 Å². The molecule has 0 fully saturated rings. The second-order valence-electron chi connectivity index (χ2n) is 3.36. The lowest BCUT2D eigenvalue weighted by atomic mass is 10.1. The van der Waals surface area contributed by atoms with Crippen molar-refractivity contribution in [3.8, 4) is 0 Å². The van der Waals surface area contributed by atoms with Crippen molar-refractivity contribution in [3.05, 3.63) is 35.9 Å². The zero-order chi connectivity index (χ0) is 11.3. The normalized spacial score (nSPS) is 14.5. The zero-order valence-corrected chi connectivity index (χ0v) is 9.24. The van der Waals surface area contributed by atoms with Crippen LogP contribution in [0.15, 0.2) is 30.3 Å². The molecule has 0 radical (unpaired) electrons. The summed E-state index contributed by atoms with van der Waals surface area (Å²) in [5.41, 5.74) is 0.629. The van der Waals surface area contributed by atoms with Gasteiger partial charge in [-0.3, -0.25) is 10.1 Å². The van der Waals surface area contributed by atoms with Crippen molar-refractivity contribution >= 4 is 17.6 Å². The van der Waals surface area contributed by atoms with Crippen LogP contribution in [0.3, 0.4) is 0 Å². The summed E-state index contributed by atoms with van der Waals surface area (Å²) in [5, 5.41) is 11.8. The summed E-state index contributed by atoms with van der Waals surface area (Å²) < 4.78 is 0. The monoisotopic (exact) mass is 227 g/mol. The topological polar surface area (TPSA) is 49.3 Å². The van der Waals surface area contributed by atoms with Crippen molar-refractivity contribution in [2.75, 3.05) is 0 Å². The van der Waals surface area contributed by atoms with Crippen LogP contribution in [0.1, 0.15) is 12.5 Å². The summed E-state index contributed by atoms with van der Waals surface area (Å²) in [7, 11) is 0. The van der Waals surface area contributed by atoms with E-state index in [0.717, 1.165) is 5.56 Å². The van der Waals surface area contributed by atoms with Crippen LogP contribution in [0.4, 0.5) is 0 Å². The number of nitrogens with one attached hydrogen (secondary N) is 1. The van der Waals surface area contributed by atoms with Crippen molar-refractivity contribution in [2.24, 2.45) is 0 Å². The molecule has 0 amide bonds. The number of carboxylic acid groups (broad SMARTS) is 1. The maximum absolute atomic E-state index is 10.9. The van der Waals surface area contributed by atoms with E-state index in [2.05, 4.69) is 5.32 Å². The summed E-state index contributed by atoms with van der Waals surface area (Å²) in [4.78, 5) is 10.9. The van der Waals surface area contributed by atoms with Gasteiger partial charge in [-0.15, -0.1) is 11.6 Å². The Hall–Kier alpha value is -1.06. The Bertz CT molecular complexity index is 314. The highest BCUT2D eigenvalue weighted by Crippen LogP contribution is 2.04. The van der Waals surface area contributed by atoms with E-state index in [0.29, 0.717) is 6.42 Å². The van der Waals surface area contributed by atoms with E-state index in [1.165, 1.54) is 0 Å². The number of hydrogen-bond donors (Lipinski definition) is 2. The van der Waals surface area contributed by atoms with Crippen molar-refractivity contribution in [1.29, 1.82) is 0 Å². The van der Waals surface area contributed by atoms with E-state index in [9.17, 15) is 4.79 Å². The molecule has 0 spiro atoms. The molecule has 0 heterocycles. The molecular weight excluding hydrogens is 214 g/mol. The molecule has 1 rings (SSSR count). The van der Waals surface area contributed by atoms with E-state index in [1.54, 1.807) is 6.92 Å². The molecule has 2 N–H and O–H groups in total. The molecule has 0 aromatic heterocycles. The highest BCUT2D eigenvalue weighted by atomic mass is 35.5. The molecule has 3 nitrogen and oxygen atoms in total. The standard InChI is InChI=1S/C11H14ClNO2/c1-8(12)13-10(11(14)15)7-9-5-3-2-4-6-9/h2-6,8,10,13H,7H2,1H3,(H,14,15). The third kappa shape index (κ3) is 4.32. The summed E-state index contributed by atoms with van der Waals surface area (Å²) in [6.07, 6.45) is 0.438. The SMILES string of the molecule is CC(Cl)NC(Cc1ccccc1)C(=O)O. The molecular formula is C11H14ClNO2. The lowest BCUT2D eigenvalue weighted by molar-refractivity contribution is -0.139. The Morgan fingerprint density at radius 1 is 1.47 bits per heavy atom. The van der Waals surface area contributed by atoms with Gasteiger partial charge in [0, 0.05) is 0 Å². The number of alkyl halides is 1. The molecule has 1 aromatic carbocycles. The van der Waals surface area contributed by atoms with E-state index >= 15 is 0 Å². The predicted molar refractivity (Wildman–Crippen MR) is 60.0 cm³/mol. The van der Waals surface area contributed by atoms with E-state index in [-0.39, 0.29) is 5.50 Å². The first-order chi connectivity index (χ1) is 7.09. The third-order valence-electron chi connectivity index (χ3n) is 2.01. The minimum Gasteiger partial charge on any atom is -0.480 e. The van der Waals surface area contributed by atoms with Crippen LogP contribution in [0.5, 0.6) is 0 Å². The lowest BCUT2D eigenvalue weighted by Gasteiger charge is -2.15. The van der Waals surface area contributed by atoms with Crippen molar-refractivity contribution in [3.63, 3.8) is 0 Å². The maximum atomic E-state index is 10.9. The van der Waals surface area contributed by atoms with Crippen LogP contribution in [-0.2, 0) is 11.2 Å². The molecule has 15 heavy (non-hydrogen) atoms. The quantitative estimate of drug-likeness (QED) is 0.596. The van der Waals surface area contributed by atoms with Gasteiger partial charge in [0.25, 0.3) is 0 Å². The van der Waals surface area contributed by atoms with Crippen LogP contribution in [0, 0.1) is 0 Å². The molecule has 0 aliphatic rings. The van der Waals surface area contributed by atoms with Gasteiger partial charge in [-0.2, -0.15) is 0 Å². The van der Waals surface area contributed by atoms with Crippen molar-refractivity contribution in [2.45, 2.75) is 24.9 Å². The van der Waals surface area contributed by atoms with E-state index in [4.69, 9.17) is 16.7 Å². The number of carbonyl (C=O) groups is 1. The second-order valence-corrected chi connectivity index (χ2v) is 4.02. The summed E-state index contributed by atoms with van der Waals surface area (Å²) in [5.74, 6) is -0.883. The zero-order valence-electron chi connectivity index (χ0n) is 8.48. The molecule has 2 atom stereocenters. The predicted octanol–water partition coefficient (Wildman–Crippen LogP) is 1.86. The van der Waals surface area contributed by atoms with Gasteiger partial charge in [0.15, 0.2) is 0 Å². The minimum absolute atomic E-state index is 0.352. The van der Waals surface area contributed by atoms with Gasteiger partial charge in [0.2, 0.25) is 0 Å². The molecule has 0 saturated heterocycles. The van der Waals surface area contributed by atoms with E-state index < -0.39 is 12.0 Å². The van der Waals surface area contributed by atoms with Gasteiger partial charge in [-0.1, -0.05) is 30.3 Å². The number of carboxylic acids is 1. The van der Waals surface area contributed by atoms with Gasteiger partial charge < -0.3 is 5.11 Å². The van der Waals surface area contributed by atoms with Crippen molar-refractivity contribution < 1.29 is 9.90 Å². The highest BCUT2D eigenvalue weighted by molar-refractivity contribution is 6.20. The number of benzene rings is 1. The third-order valence-corrected chi connectivity index (χ3v) is 2.14. The number of rotatable bonds is 5. The second kappa shape index (κ2) is 5.73. The Labute approximate surface area is 94.1 Å². The Kier molecular flexibility index (Phi) is 4.59. The average molecular weight is 228 g/mol. The Morgan fingerprint density at radius 3 is 2.53 bits per heavy atom.